The van der Waals surface area contributed by atoms with Gasteiger partial charge in [0.25, 0.3) is 0 Å². The van der Waals surface area contributed by atoms with Crippen molar-refractivity contribution in [2.45, 2.75) is 37.1 Å². The lowest BCUT2D eigenvalue weighted by Gasteiger charge is -2.50. The van der Waals surface area contributed by atoms with Gasteiger partial charge in [0.15, 0.2) is 0 Å². The van der Waals surface area contributed by atoms with Crippen molar-refractivity contribution in [3.63, 3.8) is 0 Å². The van der Waals surface area contributed by atoms with E-state index in [1.807, 2.05) is 0 Å². The van der Waals surface area contributed by atoms with Gasteiger partial charge in [-0.2, -0.15) is 0 Å². The molecule has 1 aromatic rings. The first kappa shape index (κ1) is 11.0. The van der Waals surface area contributed by atoms with E-state index in [0.29, 0.717) is 17.7 Å². The molecule has 0 bridgehead atoms. The molecule has 1 fully saturated rings. The largest absolute Gasteiger partial charge is 0.486 e. The number of fused-ring (bicyclic) bond motifs is 1. The van der Waals surface area contributed by atoms with E-state index in [2.05, 4.69) is 0 Å². The van der Waals surface area contributed by atoms with E-state index < -0.39 is 6.10 Å². The summed E-state index contributed by atoms with van der Waals surface area (Å²) >= 11 is 0. The summed E-state index contributed by atoms with van der Waals surface area (Å²) in [7, 11) is 1.67. The van der Waals surface area contributed by atoms with Crippen molar-refractivity contribution in [1.29, 1.82) is 0 Å². The van der Waals surface area contributed by atoms with Gasteiger partial charge in [0.2, 0.25) is 0 Å². The van der Waals surface area contributed by atoms with Crippen molar-refractivity contribution in [3.05, 3.63) is 29.6 Å². The molecule has 0 amide bonds. The van der Waals surface area contributed by atoms with Crippen molar-refractivity contribution < 1.29 is 19.0 Å². The minimum absolute atomic E-state index is 0.192. The van der Waals surface area contributed by atoms with Crippen LogP contribution in [0.25, 0.3) is 0 Å². The summed E-state index contributed by atoms with van der Waals surface area (Å²) < 4.78 is 24.2. The molecule has 4 heteroatoms. The van der Waals surface area contributed by atoms with Crippen LogP contribution in [0.5, 0.6) is 5.75 Å². The highest BCUT2D eigenvalue weighted by molar-refractivity contribution is 5.39. The summed E-state index contributed by atoms with van der Waals surface area (Å²) in [5.74, 6) is 0.133. The fraction of sp³-hybridized carbons (Fsp3) is 0.538. The molecular weight excluding hydrogens is 223 g/mol. The summed E-state index contributed by atoms with van der Waals surface area (Å²) in [6, 6.07) is 4.29. The van der Waals surface area contributed by atoms with E-state index in [1.54, 1.807) is 13.2 Å². The molecule has 0 saturated heterocycles. The van der Waals surface area contributed by atoms with Gasteiger partial charge in [0.1, 0.15) is 17.2 Å². The number of methoxy groups -OCH3 is 1. The lowest BCUT2D eigenvalue weighted by molar-refractivity contribution is -0.139. The molecule has 1 N–H and O–H groups in total. The Morgan fingerprint density at radius 1 is 1.41 bits per heavy atom. The summed E-state index contributed by atoms with van der Waals surface area (Å²) in [6.07, 6.45) is 1.70. The van der Waals surface area contributed by atoms with Crippen LogP contribution in [-0.2, 0) is 4.74 Å². The van der Waals surface area contributed by atoms with Crippen LogP contribution in [0.4, 0.5) is 4.39 Å². The number of benzene rings is 1. The van der Waals surface area contributed by atoms with E-state index in [0.717, 1.165) is 12.8 Å². The number of hydrogen-bond acceptors (Lipinski definition) is 3. The molecule has 0 unspecified atom stereocenters. The molecule has 3 nitrogen and oxygen atoms in total. The Labute approximate surface area is 99.2 Å². The molecule has 1 saturated carbocycles. The van der Waals surface area contributed by atoms with Gasteiger partial charge in [0, 0.05) is 38.0 Å². The molecule has 2 aliphatic rings. The molecule has 1 aliphatic carbocycles. The molecule has 92 valence electrons. The monoisotopic (exact) mass is 238 g/mol. The van der Waals surface area contributed by atoms with Crippen LogP contribution in [0, 0.1) is 5.82 Å². The van der Waals surface area contributed by atoms with Gasteiger partial charge in [-0.25, -0.2) is 4.39 Å². The zero-order valence-electron chi connectivity index (χ0n) is 9.65. The zero-order valence-corrected chi connectivity index (χ0v) is 9.65. The SMILES string of the molecule is COC1CC2(C1)C[C@H](O)c1ccc(F)cc1O2. The zero-order chi connectivity index (χ0) is 12.0. The van der Waals surface area contributed by atoms with Gasteiger partial charge in [-0.15, -0.1) is 0 Å². The number of hydrogen-bond donors (Lipinski definition) is 1. The predicted octanol–water partition coefficient (Wildman–Crippen LogP) is 2.19. The lowest BCUT2D eigenvalue weighted by Crippen LogP contribution is -2.54. The molecule has 17 heavy (non-hydrogen) atoms. The number of aliphatic hydroxyl groups is 1. The maximum absolute atomic E-state index is 13.2. The van der Waals surface area contributed by atoms with E-state index in [4.69, 9.17) is 9.47 Å². The minimum atomic E-state index is -0.572. The average molecular weight is 238 g/mol. The van der Waals surface area contributed by atoms with Crippen molar-refractivity contribution in [2.24, 2.45) is 0 Å². The maximum atomic E-state index is 13.2. The Kier molecular flexibility index (Phi) is 2.38. The number of ether oxygens (including phenoxy) is 2. The Morgan fingerprint density at radius 3 is 2.88 bits per heavy atom. The van der Waals surface area contributed by atoms with Crippen LogP contribution in [0.3, 0.4) is 0 Å². The Morgan fingerprint density at radius 2 is 2.18 bits per heavy atom. The van der Waals surface area contributed by atoms with E-state index >= 15 is 0 Å². The highest BCUT2D eigenvalue weighted by atomic mass is 19.1. The van der Waals surface area contributed by atoms with Crippen LogP contribution in [-0.4, -0.2) is 23.9 Å². The van der Waals surface area contributed by atoms with Crippen molar-refractivity contribution >= 4 is 0 Å². The smallest absolute Gasteiger partial charge is 0.128 e. The number of aliphatic hydroxyl groups excluding tert-OH is 1. The summed E-state index contributed by atoms with van der Waals surface area (Å²) in [6.45, 7) is 0. The molecule has 0 aromatic heterocycles. The quantitative estimate of drug-likeness (QED) is 0.815. The van der Waals surface area contributed by atoms with Gasteiger partial charge in [-0.1, -0.05) is 0 Å². The predicted molar refractivity (Wildman–Crippen MR) is 59.4 cm³/mol. The van der Waals surface area contributed by atoms with Gasteiger partial charge in [-0.3, -0.25) is 0 Å². The fourth-order valence-corrected chi connectivity index (χ4v) is 2.80. The summed E-state index contributed by atoms with van der Waals surface area (Å²) in [5, 5.41) is 10.1. The second-order valence-electron chi connectivity index (χ2n) is 4.95. The summed E-state index contributed by atoms with van der Waals surface area (Å²) in [4.78, 5) is 0. The average Bonchev–Trinajstić information content (AvgIpc) is 2.24. The third-order valence-electron chi connectivity index (χ3n) is 3.76. The van der Waals surface area contributed by atoms with E-state index in [9.17, 15) is 9.50 Å². The Balaban J connectivity index is 1.88. The Hall–Kier alpha value is -1.13. The van der Waals surface area contributed by atoms with Crippen LogP contribution in [0.2, 0.25) is 0 Å². The van der Waals surface area contributed by atoms with E-state index in [-0.39, 0.29) is 17.5 Å². The second-order valence-corrected chi connectivity index (χ2v) is 4.95. The molecule has 3 rings (SSSR count). The van der Waals surface area contributed by atoms with Gasteiger partial charge in [-0.05, 0) is 12.1 Å². The molecule has 1 aromatic carbocycles. The molecule has 1 heterocycles. The fourth-order valence-electron chi connectivity index (χ4n) is 2.80. The van der Waals surface area contributed by atoms with Crippen LogP contribution < -0.4 is 4.74 Å². The van der Waals surface area contributed by atoms with Gasteiger partial charge >= 0.3 is 0 Å². The molecule has 1 aliphatic heterocycles. The van der Waals surface area contributed by atoms with Crippen LogP contribution >= 0.6 is 0 Å². The second kappa shape index (κ2) is 3.68. The topological polar surface area (TPSA) is 38.7 Å². The first-order valence-corrected chi connectivity index (χ1v) is 5.81. The first-order chi connectivity index (χ1) is 8.12. The highest BCUT2D eigenvalue weighted by Gasteiger charge is 2.50. The Bertz CT molecular complexity index is 440. The third-order valence-corrected chi connectivity index (χ3v) is 3.76. The van der Waals surface area contributed by atoms with Crippen LogP contribution in [0.15, 0.2) is 18.2 Å². The molecule has 1 spiro atoms. The van der Waals surface area contributed by atoms with Gasteiger partial charge < -0.3 is 14.6 Å². The number of rotatable bonds is 1. The number of halogens is 1. The molecule has 1 atom stereocenters. The van der Waals surface area contributed by atoms with Crippen molar-refractivity contribution in [1.82, 2.24) is 0 Å². The van der Waals surface area contributed by atoms with Crippen molar-refractivity contribution in [2.75, 3.05) is 7.11 Å². The van der Waals surface area contributed by atoms with E-state index in [1.165, 1.54) is 12.1 Å². The van der Waals surface area contributed by atoms with Crippen molar-refractivity contribution in [3.8, 4) is 5.75 Å². The standard InChI is InChI=1S/C13H15FO3/c1-16-9-5-13(6-9)7-11(15)10-3-2-8(14)4-12(10)17-13/h2-4,9,11,15H,5-7H2,1H3/t9?,11-,13?/m0/s1. The van der Waals surface area contributed by atoms with Crippen LogP contribution in [0.1, 0.15) is 30.9 Å². The molecule has 0 radical (unpaired) electrons. The summed E-state index contributed by atoms with van der Waals surface area (Å²) in [5.41, 5.74) is 0.318. The lowest BCUT2D eigenvalue weighted by atomic mass is 9.71. The maximum Gasteiger partial charge on any atom is 0.128 e. The third kappa shape index (κ3) is 1.72. The highest BCUT2D eigenvalue weighted by Crippen LogP contribution is 2.49. The first-order valence-electron chi connectivity index (χ1n) is 5.81. The van der Waals surface area contributed by atoms with Gasteiger partial charge in [0.05, 0.1) is 12.2 Å². The molecular formula is C13H15FO3. The minimum Gasteiger partial charge on any atom is -0.486 e. The normalized spacial score (nSPS) is 35.0.